The van der Waals surface area contributed by atoms with Gasteiger partial charge in [0.15, 0.2) is 0 Å². The van der Waals surface area contributed by atoms with Crippen molar-refractivity contribution in [2.45, 2.75) is 52.5 Å². The number of nitrogens with one attached hydrogen (secondary N) is 1. The fraction of sp³-hybridized carbons (Fsp3) is 0.565. The molecule has 0 saturated heterocycles. The highest BCUT2D eigenvalue weighted by molar-refractivity contribution is 5.52. The Hall–Kier alpha value is -2.54. The van der Waals surface area contributed by atoms with Crippen molar-refractivity contribution < 1.29 is 9.47 Å². The van der Waals surface area contributed by atoms with Gasteiger partial charge in [-0.2, -0.15) is 4.98 Å². The van der Waals surface area contributed by atoms with Crippen LogP contribution in [0.15, 0.2) is 18.2 Å². The molecule has 0 radical (unpaired) electrons. The summed E-state index contributed by atoms with van der Waals surface area (Å²) in [4.78, 5) is 11.2. The Morgan fingerprint density at radius 2 is 2.00 bits per heavy atom. The van der Waals surface area contributed by atoms with Crippen LogP contribution in [-0.2, 0) is 6.42 Å². The van der Waals surface area contributed by atoms with Crippen LogP contribution in [0, 0.1) is 6.92 Å². The molecule has 3 N–H and O–H groups in total. The molecule has 0 bridgehead atoms. The molecule has 1 atom stereocenters. The summed E-state index contributed by atoms with van der Waals surface area (Å²) in [7, 11) is 5.79. The molecular formula is C23H37N5O2. The van der Waals surface area contributed by atoms with E-state index in [2.05, 4.69) is 48.1 Å². The summed E-state index contributed by atoms with van der Waals surface area (Å²) >= 11 is 0. The normalized spacial score (nSPS) is 12.1. The lowest BCUT2D eigenvalue weighted by Crippen LogP contribution is -2.18. The van der Waals surface area contributed by atoms with E-state index in [1.807, 2.05) is 25.1 Å². The first-order chi connectivity index (χ1) is 14.3. The minimum Gasteiger partial charge on any atom is -0.496 e. The van der Waals surface area contributed by atoms with Crippen molar-refractivity contribution >= 4 is 11.8 Å². The quantitative estimate of drug-likeness (QED) is 0.509. The smallest absolute Gasteiger partial charge is 0.225 e. The van der Waals surface area contributed by atoms with Gasteiger partial charge in [-0.25, -0.2) is 4.98 Å². The molecular weight excluding hydrogens is 378 g/mol. The van der Waals surface area contributed by atoms with Crippen LogP contribution >= 0.6 is 0 Å². The molecule has 0 aliphatic heterocycles. The predicted octanol–water partition coefficient (Wildman–Crippen LogP) is 3.90. The Morgan fingerprint density at radius 3 is 2.63 bits per heavy atom. The maximum atomic E-state index is 6.29. The van der Waals surface area contributed by atoms with Gasteiger partial charge in [0, 0.05) is 36.3 Å². The van der Waals surface area contributed by atoms with Crippen molar-refractivity contribution in [2.24, 2.45) is 0 Å². The number of nitrogens with two attached hydrogens (primary N) is 1. The van der Waals surface area contributed by atoms with Crippen molar-refractivity contribution in [3.8, 4) is 11.5 Å². The highest BCUT2D eigenvalue weighted by Gasteiger charge is 2.14. The standard InChI is InChI=1S/C23H37N5O2/c1-7-9-16(2)25-23-26-17(3)20(22(24)27-23)14-18-10-11-19(15-21(18)29-6)30-13-8-12-28(4)5/h10-11,15-16H,7-9,12-14H2,1-6H3,(H3,24,25,26,27). The fourth-order valence-corrected chi connectivity index (χ4v) is 3.35. The van der Waals surface area contributed by atoms with E-state index in [4.69, 9.17) is 15.2 Å². The molecule has 1 heterocycles. The van der Waals surface area contributed by atoms with Gasteiger partial charge in [-0.15, -0.1) is 0 Å². The lowest BCUT2D eigenvalue weighted by molar-refractivity contribution is 0.280. The van der Waals surface area contributed by atoms with E-state index >= 15 is 0 Å². The molecule has 0 saturated carbocycles. The van der Waals surface area contributed by atoms with Crippen LogP contribution in [-0.4, -0.2) is 55.3 Å². The van der Waals surface area contributed by atoms with Crippen LogP contribution in [0.5, 0.6) is 11.5 Å². The molecule has 2 rings (SSSR count). The Bertz CT molecular complexity index is 787. The van der Waals surface area contributed by atoms with Crippen molar-refractivity contribution in [3.05, 3.63) is 35.0 Å². The molecule has 7 nitrogen and oxygen atoms in total. The topological polar surface area (TPSA) is 85.5 Å². The van der Waals surface area contributed by atoms with E-state index in [1.165, 1.54) is 0 Å². The third-order valence-corrected chi connectivity index (χ3v) is 4.99. The second kappa shape index (κ2) is 11.6. The van der Waals surface area contributed by atoms with Crippen molar-refractivity contribution in [3.63, 3.8) is 0 Å². The van der Waals surface area contributed by atoms with Crippen molar-refractivity contribution in [2.75, 3.05) is 45.4 Å². The number of nitrogen functional groups attached to an aromatic ring is 1. The fourth-order valence-electron chi connectivity index (χ4n) is 3.35. The number of benzene rings is 1. The number of ether oxygens (including phenoxy) is 2. The van der Waals surface area contributed by atoms with Gasteiger partial charge in [0.05, 0.1) is 13.7 Å². The van der Waals surface area contributed by atoms with E-state index < -0.39 is 0 Å². The van der Waals surface area contributed by atoms with E-state index in [0.717, 1.165) is 54.1 Å². The van der Waals surface area contributed by atoms with Crippen molar-refractivity contribution in [1.82, 2.24) is 14.9 Å². The summed E-state index contributed by atoms with van der Waals surface area (Å²) in [6.07, 6.45) is 3.74. The number of aromatic nitrogens is 2. The molecule has 0 spiro atoms. The summed E-state index contributed by atoms with van der Waals surface area (Å²) in [5, 5.41) is 3.33. The summed E-state index contributed by atoms with van der Waals surface area (Å²) in [6, 6.07) is 6.24. The van der Waals surface area contributed by atoms with Gasteiger partial charge in [0.1, 0.15) is 17.3 Å². The maximum Gasteiger partial charge on any atom is 0.225 e. The largest absolute Gasteiger partial charge is 0.496 e. The summed E-state index contributed by atoms with van der Waals surface area (Å²) in [6.45, 7) is 7.93. The van der Waals surface area contributed by atoms with Crippen LogP contribution in [0.25, 0.3) is 0 Å². The SMILES string of the molecule is CCCC(C)Nc1nc(C)c(Cc2ccc(OCCCN(C)C)cc2OC)c(N)n1. The number of methoxy groups -OCH3 is 1. The molecule has 166 valence electrons. The van der Waals surface area contributed by atoms with Gasteiger partial charge in [-0.1, -0.05) is 19.4 Å². The minimum absolute atomic E-state index is 0.310. The van der Waals surface area contributed by atoms with Crippen LogP contribution in [0.4, 0.5) is 11.8 Å². The summed E-state index contributed by atoms with van der Waals surface area (Å²) in [5.41, 5.74) is 9.10. The first kappa shape index (κ1) is 23.7. The Balaban J connectivity index is 2.11. The van der Waals surface area contributed by atoms with Crippen molar-refractivity contribution in [1.29, 1.82) is 0 Å². The zero-order valence-corrected chi connectivity index (χ0v) is 19.3. The van der Waals surface area contributed by atoms with Gasteiger partial charge in [0.2, 0.25) is 5.95 Å². The number of rotatable bonds is 12. The van der Waals surface area contributed by atoms with Crippen LogP contribution < -0.4 is 20.5 Å². The van der Waals surface area contributed by atoms with Gasteiger partial charge in [-0.05, 0) is 52.4 Å². The molecule has 0 amide bonds. The van der Waals surface area contributed by atoms with Gasteiger partial charge >= 0.3 is 0 Å². The molecule has 1 unspecified atom stereocenters. The van der Waals surface area contributed by atoms with Gasteiger partial charge in [-0.3, -0.25) is 0 Å². The summed E-state index contributed by atoms with van der Waals surface area (Å²) < 4.78 is 11.5. The molecule has 7 heteroatoms. The van der Waals surface area contributed by atoms with Gasteiger partial charge in [0.25, 0.3) is 0 Å². The molecule has 0 fully saturated rings. The van der Waals surface area contributed by atoms with E-state index in [-0.39, 0.29) is 0 Å². The Labute approximate surface area is 181 Å². The Morgan fingerprint density at radius 1 is 1.23 bits per heavy atom. The van der Waals surface area contributed by atoms with Crippen LogP contribution in [0.3, 0.4) is 0 Å². The van der Waals surface area contributed by atoms with E-state index in [0.29, 0.717) is 30.8 Å². The second-order valence-electron chi connectivity index (χ2n) is 7.99. The third kappa shape index (κ3) is 7.06. The third-order valence-electron chi connectivity index (χ3n) is 4.99. The Kier molecular flexibility index (Phi) is 9.17. The molecule has 30 heavy (non-hydrogen) atoms. The number of aryl methyl sites for hydroxylation is 1. The monoisotopic (exact) mass is 415 g/mol. The molecule has 1 aromatic carbocycles. The zero-order valence-electron chi connectivity index (χ0n) is 19.3. The lowest BCUT2D eigenvalue weighted by atomic mass is 10.0. The first-order valence-electron chi connectivity index (χ1n) is 10.7. The average molecular weight is 416 g/mol. The number of nitrogens with zero attached hydrogens (tertiary/aromatic N) is 3. The minimum atomic E-state index is 0.310. The molecule has 1 aromatic heterocycles. The molecule has 0 aliphatic rings. The van der Waals surface area contributed by atoms with Crippen LogP contribution in [0.1, 0.15) is 49.9 Å². The predicted molar refractivity (Wildman–Crippen MR) is 124 cm³/mol. The van der Waals surface area contributed by atoms with E-state index in [1.54, 1.807) is 7.11 Å². The average Bonchev–Trinajstić information content (AvgIpc) is 2.68. The number of hydrogen-bond donors (Lipinski definition) is 2. The number of anilines is 2. The zero-order chi connectivity index (χ0) is 22.1. The first-order valence-corrected chi connectivity index (χ1v) is 10.7. The maximum absolute atomic E-state index is 6.29. The van der Waals surface area contributed by atoms with Crippen LogP contribution in [0.2, 0.25) is 0 Å². The van der Waals surface area contributed by atoms with Gasteiger partial charge < -0.3 is 25.4 Å². The number of hydrogen-bond acceptors (Lipinski definition) is 7. The summed E-state index contributed by atoms with van der Waals surface area (Å²) in [5.74, 6) is 2.67. The van der Waals surface area contributed by atoms with E-state index in [9.17, 15) is 0 Å². The second-order valence-corrected chi connectivity index (χ2v) is 7.99. The molecule has 2 aromatic rings. The molecule has 0 aliphatic carbocycles. The highest BCUT2D eigenvalue weighted by atomic mass is 16.5. The lowest BCUT2D eigenvalue weighted by Gasteiger charge is -2.17. The highest BCUT2D eigenvalue weighted by Crippen LogP contribution is 2.29.